The molecule has 1 amide bonds. The quantitative estimate of drug-likeness (QED) is 0.636. The Morgan fingerprint density at radius 3 is 2.92 bits per heavy atom. The van der Waals surface area contributed by atoms with Gasteiger partial charge in [0.25, 0.3) is 5.91 Å². The van der Waals surface area contributed by atoms with Crippen molar-refractivity contribution in [3.63, 3.8) is 0 Å². The summed E-state index contributed by atoms with van der Waals surface area (Å²) in [5.41, 5.74) is 1.21. The molecule has 0 atom stereocenters. The van der Waals surface area contributed by atoms with Gasteiger partial charge in [0.15, 0.2) is 6.61 Å². The predicted molar refractivity (Wildman–Crippen MR) is 97.5 cm³/mol. The number of ether oxygens (including phenoxy) is 1. The molecule has 130 valence electrons. The van der Waals surface area contributed by atoms with Crippen LogP contribution in [0, 0.1) is 0 Å². The van der Waals surface area contributed by atoms with Crippen molar-refractivity contribution in [3.8, 4) is 0 Å². The normalized spacial score (nSPS) is 11.0. The van der Waals surface area contributed by atoms with Gasteiger partial charge in [-0.1, -0.05) is 15.9 Å². The van der Waals surface area contributed by atoms with Gasteiger partial charge in [0.05, 0.1) is 11.8 Å². The van der Waals surface area contributed by atoms with Gasteiger partial charge >= 0.3 is 5.97 Å². The van der Waals surface area contributed by atoms with Crippen molar-refractivity contribution in [1.29, 1.82) is 0 Å². The van der Waals surface area contributed by atoms with E-state index in [9.17, 15) is 9.59 Å². The molecule has 1 aromatic carbocycles. The van der Waals surface area contributed by atoms with Crippen LogP contribution >= 0.6 is 15.9 Å². The number of aromatic amines is 1. The molecule has 2 N–H and O–H groups in total. The highest BCUT2D eigenvalue weighted by Gasteiger charge is 2.16. The number of nitrogens with one attached hydrogen (secondary N) is 2. The molecule has 25 heavy (non-hydrogen) atoms. The van der Waals surface area contributed by atoms with E-state index in [-0.39, 0.29) is 12.6 Å². The van der Waals surface area contributed by atoms with E-state index >= 15 is 0 Å². The third-order valence-electron chi connectivity index (χ3n) is 3.62. The maximum atomic E-state index is 12.3. The lowest BCUT2D eigenvalue weighted by molar-refractivity contribution is -0.119. The highest BCUT2D eigenvalue weighted by atomic mass is 79.9. The fourth-order valence-electron chi connectivity index (χ4n) is 2.47. The Hall–Kier alpha value is -2.61. The predicted octanol–water partition coefficient (Wildman–Crippen LogP) is 3.50. The van der Waals surface area contributed by atoms with Gasteiger partial charge in [0.2, 0.25) is 0 Å². The molecule has 0 spiro atoms. The largest absolute Gasteiger partial charge is 0.452 e. The van der Waals surface area contributed by atoms with E-state index in [1.54, 1.807) is 23.1 Å². The van der Waals surface area contributed by atoms with Crippen LogP contribution in [0.5, 0.6) is 0 Å². The lowest BCUT2D eigenvalue weighted by Gasteiger charge is -2.11. The fourth-order valence-corrected chi connectivity index (χ4v) is 2.84. The first-order chi connectivity index (χ1) is 12.0. The number of hydrogen-bond acceptors (Lipinski definition) is 4. The van der Waals surface area contributed by atoms with Gasteiger partial charge in [-0.25, -0.2) is 9.48 Å². The molecule has 3 rings (SSSR count). The molecule has 0 aliphatic rings. The zero-order valence-corrected chi connectivity index (χ0v) is 15.3. The Bertz CT molecular complexity index is 929. The molecule has 0 aliphatic carbocycles. The highest BCUT2D eigenvalue weighted by molar-refractivity contribution is 9.10. The molecule has 8 heteroatoms. The summed E-state index contributed by atoms with van der Waals surface area (Å²) in [6.45, 7) is 3.54. The highest BCUT2D eigenvalue weighted by Crippen LogP contribution is 2.23. The number of fused-ring (bicyclic) bond motifs is 1. The van der Waals surface area contributed by atoms with Gasteiger partial charge in [-0.2, -0.15) is 5.10 Å². The van der Waals surface area contributed by atoms with Crippen LogP contribution in [-0.4, -0.2) is 33.2 Å². The number of amides is 1. The number of H-pyrrole nitrogens is 1. The minimum atomic E-state index is -0.558. The standard InChI is InChI=1S/C17H17BrN4O3/c1-10(2)22-15(5-6-20-22)21-16(23)9-25-17(24)13-8-19-14-4-3-11(18)7-12(13)14/h3-8,10,19H,9H2,1-2H3,(H,21,23). The van der Waals surface area contributed by atoms with Crippen LogP contribution in [0.3, 0.4) is 0 Å². The molecule has 0 bridgehead atoms. The summed E-state index contributed by atoms with van der Waals surface area (Å²) in [5.74, 6) is -0.416. The second kappa shape index (κ2) is 7.10. The Balaban J connectivity index is 1.64. The fraction of sp³-hybridized carbons (Fsp3) is 0.235. The van der Waals surface area contributed by atoms with Gasteiger partial charge < -0.3 is 15.0 Å². The van der Waals surface area contributed by atoms with E-state index in [2.05, 4.69) is 31.3 Å². The van der Waals surface area contributed by atoms with Gasteiger partial charge in [-0.05, 0) is 32.0 Å². The lowest BCUT2D eigenvalue weighted by Crippen LogP contribution is -2.23. The molecule has 0 aliphatic heterocycles. The number of rotatable bonds is 5. The smallest absolute Gasteiger partial charge is 0.340 e. The molecule has 0 fully saturated rings. The number of hydrogen-bond donors (Lipinski definition) is 2. The van der Waals surface area contributed by atoms with Crippen LogP contribution < -0.4 is 5.32 Å². The van der Waals surface area contributed by atoms with Crippen molar-refractivity contribution in [2.24, 2.45) is 0 Å². The van der Waals surface area contributed by atoms with Gasteiger partial charge in [0.1, 0.15) is 5.82 Å². The van der Waals surface area contributed by atoms with E-state index in [1.165, 1.54) is 0 Å². The van der Waals surface area contributed by atoms with Gasteiger partial charge in [-0.3, -0.25) is 4.79 Å². The van der Waals surface area contributed by atoms with Crippen molar-refractivity contribution in [3.05, 3.63) is 46.7 Å². The second-order valence-electron chi connectivity index (χ2n) is 5.77. The van der Waals surface area contributed by atoms with Crippen LogP contribution in [0.4, 0.5) is 5.82 Å². The number of anilines is 1. The molecule has 0 saturated heterocycles. The minimum absolute atomic E-state index is 0.109. The first-order valence-corrected chi connectivity index (χ1v) is 8.52. The summed E-state index contributed by atoms with van der Waals surface area (Å²) in [7, 11) is 0. The summed E-state index contributed by atoms with van der Waals surface area (Å²) < 4.78 is 7.66. The van der Waals surface area contributed by atoms with Crippen molar-refractivity contribution in [2.45, 2.75) is 19.9 Å². The van der Waals surface area contributed by atoms with Gasteiger partial charge in [-0.15, -0.1) is 0 Å². The Morgan fingerprint density at radius 2 is 2.16 bits per heavy atom. The molecular weight excluding hydrogens is 388 g/mol. The number of carbonyl (C=O) groups excluding carboxylic acids is 2. The van der Waals surface area contributed by atoms with E-state index in [1.807, 2.05) is 32.0 Å². The summed E-state index contributed by atoms with van der Waals surface area (Å²) in [4.78, 5) is 27.3. The summed E-state index contributed by atoms with van der Waals surface area (Å²) >= 11 is 3.38. The number of benzene rings is 1. The third-order valence-corrected chi connectivity index (χ3v) is 4.12. The zero-order chi connectivity index (χ0) is 18.0. The summed E-state index contributed by atoms with van der Waals surface area (Å²) in [6.07, 6.45) is 3.18. The third kappa shape index (κ3) is 3.74. The van der Waals surface area contributed by atoms with Crippen LogP contribution in [0.15, 0.2) is 41.1 Å². The van der Waals surface area contributed by atoms with Crippen molar-refractivity contribution in [2.75, 3.05) is 11.9 Å². The molecule has 0 saturated carbocycles. The molecule has 7 nitrogen and oxygen atoms in total. The lowest BCUT2D eigenvalue weighted by atomic mass is 10.2. The first-order valence-electron chi connectivity index (χ1n) is 7.73. The van der Waals surface area contributed by atoms with Crippen LogP contribution in [-0.2, 0) is 9.53 Å². The average molecular weight is 405 g/mol. The Morgan fingerprint density at radius 1 is 1.36 bits per heavy atom. The van der Waals surface area contributed by atoms with E-state index in [0.29, 0.717) is 11.4 Å². The van der Waals surface area contributed by atoms with Gasteiger partial charge in [0, 0.05) is 33.7 Å². The first kappa shape index (κ1) is 17.2. The second-order valence-corrected chi connectivity index (χ2v) is 6.69. The average Bonchev–Trinajstić information content (AvgIpc) is 3.19. The summed E-state index contributed by atoms with van der Waals surface area (Å²) in [5, 5.41) is 7.55. The van der Waals surface area contributed by atoms with Crippen molar-refractivity contribution >= 4 is 44.5 Å². The summed E-state index contributed by atoms with van der Waals surface area (Å²) in [6, 6.07) is 7.35. The topological polar surface area (TPSA) is 89.0 Å². The number of esters is 1. The van der Waals surface area contributed by atoms with E-state index in [4.69, 9.17) is 4.74 Å². The van der Waals surface area contributed by atoms with Crippen molar-refractivity contribution in [1.82, 2.24) is 14.8 Å². The molecule has 2 heterocycles. The van der Waals surface area contributed by atoms with Crippen LogP contribution in [0.25, 0.3) is 10.9 Å². The molecule has 3 aromatic rings. The Kier molecular flexibility index (Phi) is 4.89. The van der Waals surface area contributed by atoms with Crippen LogP contribution in [0.2, 0.25) is 0 Å². The van der Waals surface area contributed by atoms with Crippen molar-refractivity contribution < 1.29 is 14.3 Å². The number of halogens is 1. The van der Waals surface area contributed by atoms with Crippen LogP contribution in [0.1, 0.15) is 30.2 Å². The number of carbonyl (C=O) groups is 2. The zero-order valence-electron chi connectivity index (χ0n) is 13.7. The SMILES string of the molecule is CC(C)n1nccc1NC(=O)COC(=O)c1c[nH]c2ccc(Br)cc12. The maximum Gasteiger partial charge on any atom is 0.340 e. The maximum absolute atomic E-state index is 12.3. The van der Waals surface area contributed by atoms with E-state index in [0.717, 1.165) is 15.4 Å². The minimum Gasteiger partial charge on any atom is -0.452 e. The molecule has 2 aromatic heterocycles. The molecular formula is C17H17BrN4O3. The molecule has 0 unspecified atom stereocenters. The number of aromatic nitrogens is 3. The Labute approximate surface area is 152 Å². The van der Waals surface area contributed by atoms with E-state index < -0.39 is 11.9 Å². The monoisotopic (exact) mass is 404 g/mol. The number of nitrogens with zero attached hydrogens (tertiary/aromatic N) is 2. The molecule has 0 radical (unpaired) electrons.